The number of rotatable bonds is 6. The molecule has 38 heavy (non-hydrogen) atoms. The lowest BCUT2D eigenvalue weighted by Crippen LogP contribution is -2.37. The molecule has 7 rings (SSSR count). The van der Waals surface area contributed by atoms with E-state index in [1.54, 1.807) is 6.20 Å². The second-order valence-electron chi connectivity index (χ2n) is 9.42. The van der Waals surface area contributed by atoms with E-state index in [9.17, 15) is 5.11 Å². The van der Waals surface area contributed by atoms with Crippen molar-refractivity contribution in [2.24, 2.45) is 0 Å². The van der Waals surface area contributed by atoms with E-state index in [-0.39, 0.29) is 18.3 Å². The fraction of sp³-hybridized carbons (Fsp3) is 0.308. The highest BCUT2D eigenvalue weighted by atomic mass is 19.1. The molecule has 3 N–H and O–H groups in total. The molecule has 12 heteroatoms. The number of benzene rings is 1. The summed E-state index contributed by atoms with van der Waals surface area (Å²) in [5.74, 6) is 1.97. The molecule has 11 nitrogen and oxygen atoms in total. The smallest absolute Gasteiger partial charge is 0.228 e. The molecule has 0 radical (unpaired) electrons. The molecule has 194 valence electrons. The van der Waals surface area contributed by atoms with Gasteiger partial charge in [-0.05, 0) is 30.7 Å². The average Bonchev–Trinajstić information content (AvgIpc) is 3.61. The average molecular weight is 518 g/mol. The Kier molecular flexibility index (Phi) is 5.37. The van der Waals surface area contributed by atoms with Gasteiger partial charge in [0.1, 0.15) is 54.4 Å². The summed E-state index contributed by atoms with van der Waals surface area (Å²) in [6, 6.07) is 9.63. The number of nitrogens with two attached hydrogens (primary N) is 1. The summed E-state index contributed by atoms with van der Waals surface area (Å²) in [6.45, 7) is 1.95. The number of nitrogens with zero attached hydrogens (tertiary/aromatic N) is 6. The molecular formula is C26H24FN7O4. The largest absolute Gasteiger partial charge is 0.491 e. The summed E-state index contributed by atoms with van der Waals surface area (Å²) in [4.78, 5) is 19.5. The van der Waals surface area contributed by atoms with Gasteiger partial charge in [-0.3, -0.25) is 0 Å². The Hall–Kier alpha value is -4.29. The van der Waals surface area contributed by atoms with E-state index in [2.05, 4.69) is 19.9 Å². The molecule has 0 spiro atoms. The highest BCUT2D eigenvalue weighted by Gasteiger charge is 2.46. The van der Waals surface area contributed by atoms with Gasteiger partial charge in [-0.2, -0.15) is 0 Å². The monoisotopic (exact) mass is 517 g/mol. The minimum absolute atomic E-state index is 0.0572. The summed E-state index contributed by atoms with van der Waals surface area (Å²) in [7, 11) is 0. The number of hydrogen-bond donors (Lipinski definition) is 2. The Balaban J connectivity index is 1.13. The van der Waals surface area contributed by atoms with Crippen LogP contribution in [0.2, 0.25) is 0 Å². The van der Waals surface area contributed by atoms with Gasteiger partial charge in [-0.1, -0.05) is 0 Å². The molecule has 2 aliphatic heterocycles. The van der Waals surface area contributed by atoms with Crippen molar-refractivity contribution in [1.29, 1.82) is 0 Å². The van der Waals surface area contributed by atoms with Crippen LogP contribution in [0.15, 0.2) is 59.7 Å². The van der Waals surface area contributed by atoms with Crippen LogP contribution in [-0.4, -0.2) is 67.7 Å². The number of pyridine rings is 1. The lowest BCUT2D eigenvalue weighted by atomic mass is 10.1. The van der Waals surface area contributed by atoms with Gasteiger partial charge in [0.05, 0.1) is 22.7 Å². The van der Waals surface area contributed by atoms with Crippen LogP contribution < -0.4 is 15.4 Å². The quantitative estimate of drug-likeness (QED) is 0.346. The van der Waals surface area contributed by atoms with Crippen molar-refractivity contribution in [3.05, 3.63) is 55.3 Å². The van der Waals surface area contributed by atoms with Crippen molar-refractivity contribution in [2.45, 2.75) is 31.0 Å². The first-order valence-electron chi connectivity index (χ1n) is 12.3. The summed E-state index contributed by atoms with van der Waals surface area (Å²) in [6.07, 6.45) is 1.71. The number of halogens is 1. The first-order valence-corrected chi connectivity index (χ1v) is 12.3. The molecule has 0 unspecified atom stereocenters. The minimum atomic E-state index is -1.75. The molecule has 6 heterocycles. The fourth-order valence-electron chi connectivity index (χ4n) is 4.96. The third-order valence-electron chi connectivity index (χ3n) is 7.11. The maximum Gasteiger partial charge on any atom is 0.228 e. The number of alkyl halides is 1. The van der Waals surface area contributed by atoms with Crippen LogP contribution >= 0.6 is 0 Å². The molecular weight excluding hydrogens is 493 g/mol. The number of ether oxygens (including phenoxy) is 2. The van der Waals surface area contributed by atoms with E-state index in [4.69, 9.17) is 24.6 Å². The topological polar surface area (TPSA) is 138 Å². The molecule has 5 aromatic rings. The number of oxazole rings is 1. The third-order valence-corrected chi connectivity index (χ3v) is 7.11. The molecule has 2 aliphatic rings. The second-order valence-corrected chi connectivity index (χ2v) is 9.42. The maximum absolute atomic E-state index is 15.4. The number of nitrogen functional groups attached to an aromatic ring is 1. The Morgan fingerprint density at radius 3 is 2.82 bits per heavy atom. The van der Waals surface area contributed by atoms with E-state index in [1.165, 1.54) is 29.8 Å². The van der Waals surface area contributed by atoms with Crippen molar-refractivity contribution in [3.8, 4) is 17.2 Å². The van der Waals surface area contributed by atoms with Crippen LogP contribution in [0.3, 0.4) is 0 Å². The zero-order chi connectivity index (χ0) is 25.8. The Bertz CT molecular complexity index is 1620. The molecule has 4 atom stereocenters. The first-order chi connectivity index (χ1) is 18.6. The van der Waals surface area contributed by atoms with Crippen LogP contribution in [0.25, 0.3) is 33.4 Å². The lowest BCUT2D eigenvalue weighted by Gasteiger charge is -2.32. The molecule has 0 aliphatic carbocycles. The zero-order valence-corrected chi connectivity index (χ0v) is 20.1. The summed E-state index contributed by atoms with van der Waals surface area (Å²) in [5.41, 5.74) is 7.74. The van der Waals surface area contributed by atoms with Crippen molar-refractivity contribution < 1.29 is 23.4 Å². The predicted octanol–water partition coefficient (Wildman–Crippen LogP) is 3.10. The van der Waals surface area contributed by atoms with E-state index in [0.29, 0.717) is 22.3 Å². The molecule has 4 aromatic heterocycles. The van der Waals surface area contributed by atoms with Crippen molar-refractivity contribution in [2.75, 3.05) is 30.3 Å². The normalized spacial score (nSPS) is 23.3. The molecule has 0 amide bonds. The Morgan fingerprint density at radius 1 is 1.16 bits per heavy atom. The van der Waals surface area contributed by atoms with Crippen LogP contribution in [-0.2, 0) is 4.74 Å². The predicted molar refractivity (Wildman–Crippen MR) is 136 cm³/mol. The standard InChI is InChI=1S/C26H24FN7O4/c27-21-22(35)18(12-37-15-4-2-14-3-5-19(32-17(14)10-15)33-7-1-8-33)38-26(21)34-11-16(25-29-6-9-36-25)20-23(28)30-13-31-24(20)34/h2-6,9-11,13,18,21-22,26,35H,1,7-8,12H2,(H2,28,30,31)/t18-,21+,22-,26-/m1/s1. The number of fused-ring (bicyclic) bond motifs is 2. The first kappa shape index (κ1) is 22.9. The SMILES string of the molecule is Nc1ncnc2c1c(-c1ncco1)cn2[C@@H]1O[C@H](COc2ccc3ccc(N4CCC4)nc3c2)[C@@H](O)[C@@H]1F. The maximum atomic E-state index is 15.4. The highest BCUT2D eigenvalue weighted by Crippen LogP contribution is 2.39. The van der Waals surface area contributed by atoms with Crippen molar-refractivity contribution in [3.63, 3.8) is 0 Å². The number of aliphatic hydroxyl groups excluding tert-OH is 1. The zero-order valence-electron chi connectivity index (χ0n) is 20.1. The van der Waals surface area contributed by atoms with Crippen molar-refractivity contribution in [1.82, 2.24) is 24.5 Å². The minimum Gasteiger partial charge on any atom is -0.491 e. The van der Waals surface area contributed by atoms with E-state index >= 15 is 4.39 Å². The number of aliphatic hydroxyl groups is 1. The van der Waals surface area contributed by atoms with Gasteiger partial charge in [0.2, 0.25) is 5.89 Å². The molecule has 2 saturated heterocycles. The van der Waals surface area contributed by atoms with Gasteiger partial charge in [0, 0.05) is 30.7 Å². The molecule has 2 fully saturated rings. The summed E-state index contributed by atoms with van der Waals surface area (Å²) in [5, 5.41) is 12.1. The number of aromatic nitrogens is 5. The second kappa shape index (κ2) is 8.92. The molecule has 0 saturated carbocycles. The Labute approximate surface area is 215 Å². The van der Waals surface area contributed by atoms with Gasteiger partial charge in [-0.25, -0.2) is 24.3 Å². The van der Waals surface area contributed by atoms with E-state index in [1.807, 2.05) is 30.3 Å². The van der Waals surface area contributed by atoms with Crippen LogP contribution in [0.1, 0.15) is 12.6 Å². The Morgan fingerprint density at radius 2 is 2.03 bits per heavy atom. The fourth-order valence-corrected chi connectivity index (χ4v) is 4.96. The van der Waals surface area contributed by atoms with Crippen LogP contribution in [0, 0.1) is 0 Å². The number of anilines is 2. The van der Waals surface area contributed by atoms with Gasteiger partial charge in [-0.15, -0.1) is 0 Å². The highest BCUT2D eigenvalue weighted by molar-refractivity contribution is 5.99. The molecule has 1 aromatic carbocycles. The van der Waals surface area contributed by atoms with E-state index in [0.717, 1.165) is 29.8 Å². The van der Waals surface area contributed by atoms with Gasteiger partial charge < -0.3 is 34.2 Å². The van der Waals surface area contributed by atoms with Gasteiger partial charge >= 0.3 is 0 Å². The van der Waals surface area contributed by atoms with Gasteiger partial charge in [0.15, 0.2) is 12.4 Å². The number of hydrogen-bond acceptors (Lipinski definition) is 10. The van der Waals surface area contributed by atoms with E-state index < -0.39 is 24.6 Å². The summed E-state index contributed by atoms with van der Waals surface area (Å²) >= 11 is 0. The molecule has 0 bridgehead atoms. The lowest BCUT2D eigenvalue weighted by molar-refractivity contribution is -0.0410. The van der Waals surface area contributed by atoms with Gasteiger partial charge in [0.25, 0.3) is 0 Å². The summed E-state index contributed by atoms with van der Waals surface area (Å²) < 4.78 is 34.2. The third kappa shape index (κ3) is 3.72. The van der Waals surface area contributed by atoms with Crippen LogP contribution in [0.5, 0.6) is 5.75 Å². The van der Waals surface area contributed by atoms with Crippen molar-refractivity contribution >= 4 is 33.6 Å². The van der Waals surface area contributed by atoms with Crippen LogP contribution in [0.4, 0.5) is 16.0 Å².